The third-order valence-corrected chi connectivity index (χ3v) is 2.65. The van der Waals surface area contributed by atoms with Crippen molar-refractivity contribution in [2.45, 2.75) is 19.9 Å². The molecule has 0 amide bonds. The number of nitrogens with zero attached hydrogens (tertiary/aromatic N) is 3. The van der Waals surface area contributed by atoms with Crippen LogP contribution in [0.15, 0.2) is 22.9 Å². The molecule has 0 bridgehead atoms. The lowest BCUT2D eigenvalue weighted by molar-refractivity contribution is 0.325. The highest BCUT2D eigenvalue weighted by Gasteiger charge is 2.18. The number of rotatable bonds is 4. The summed E-state index contributed by atoms with van der Waals surface area (Å²) >= 11 is 0. The van der Waals surface area contributed by atoms with Crippen LogP contribution in [0.4, 0.5) is 0 Å². The van der Waals surface area contributed by atoms with E-state index in [9.17, 15) is 0 Å². The van der Waals surface area contributed by atoms with Gasteiger partial charge in [0.2, 0.25) is 17.6 Å². The minimum Gasteiger partial charge on any atom is -0.481 e. The maximum atomic E-state index is 5.94. The zero-order valence-corrected chi connectivity index (χ0v) is 11.8. The van der Waals surface area contributed by atoms with Crippen LogP contribution in [0.2, 0.25) is 0 Å². The van der Waals surface area contributed by atoms with Gasteiger partial charge in [-0.25, -0.2) is 4.98 Å². The van der Waals surface area contributed by atoms with E-state index in [2.05, 4.69) is 15.1 Å². The Morgan fingerprint density at radius 1 is 1.32 bits per heavy atom. The van der Waals surface area contributed by atoms with Crippen molar-refractivity contribution in [3.63, 3.8) is 0 Å². The molecule has 0 aliphatic carbocycles. The largest absolute Gasteiger partial charge is 0.481 e. The first-order valence-electron chi connectivity index (χ1n) is 5.71. The Bertz CT molecular complexity index is 513. The average Bonchev–Trinajstić information content (AvgIpc) is 2.87. The van der Waals surface area contributed by atoms with Crippen LogP contribution in [0, 0.1) is 5.92 Å². The third-order valence-electron chi connectivity index (χ3n) is 2.65. The summed E-state index contributed by atoms with van der Waals surface area (Å²) in [5.41, 5.74) is 6.71. The van der Waals surface area contributed by atoms with Crippen LogP contribution >= 0.6 is 12.4 Å². The molecule has 104 valence electrons. The molecule has 2 N–H and O–H groups in total. The van der Waals surface area contributed by atoms with E-state index in [1.807, 2.05) is 19.9 Å². The van der Waals surface area contributed by atoms with Gasteiger partial charge >= 0.3 is 0 Å². The second kappa shape index (κ2) is 6.49. The molecule has 19 heavy (non-hydrogen) atoms. The summed E-state index contributed by atoms with van der Waals surface area (Å²) < 4.78 is 10.1. The molecular weight excluding hydrogens is 268 g/mol. The van der Waals surface area contributed by atoms with Gasteiger partial charge in [0, 0.05) is 17.8 Å². The number of ether oxygens (including phenoxy) is 1. The van der Waals surface area contributed by atoms with Gasteiger partial charge in [0.05, 0.1) is 13.2 Å². The van der Waals surface area contributed by atoms with E-state index in [-0.39, 0.29) is 24.4 Å². The quantitative estimate of drug-likeness (QED) is 0.926. The summed E-state index contributed by atoms with van der Waals surface area (Å²) in [5, 5.41) is 3.90. The summed E-state index contributed by atoms with van der Waals surface area (Å²) in [5.74, 6) is 1.71. The Morgan fingerprint density at radius 3 is 2.58 bits per heavy atom. The lowest BCUT2D eigenvalue weighted by Crippen LogP contribution is -2.16. The van der Waals surface area contributed by atoms with Crippen molar-refractivity contribution in [1.82, 2.24) is 15.1 Å². The number of nitrogens with two attached hydrogens (primary N) is 1. The normalized spacial score (nSPS) is 12.1. The average molecular weight is 285 g/mol. The topological polar surface area (TPSA) is 87.1 Å². The Hall–Kier alpha value is -1.66. The first kappa shape index (κ1) is 15.4. The van der Waals surface area contributed by atoms with Crippen LogP contribution in [-0.4, -0.2) is 22.2 Å². The van der Waals surface area contributed by atoms with Crippen LogP contribution in [0.3, 0.4) is 0 Å². The Labute approximate surface area is 117 Å². The fraction of sp³-hybridized carbons (Fsp3) is 0.417. The van der Waals surface area contributed by atoms with Gasteiger partial charge in [-0.15, -0.1) is 12.4 Å². The molecule has 7 heteroatoms. The second-order valence-electron chi connectivity index (χ2n) is 4.32. The molecule has 0 saturated heterocycles. The van der Waals surface area contributed by atoms with Gasteiger partial charge in [-0.05, 0) is 12.0 Å². The van der Waals surface area contributed by atoms with Gasteiger partial charge in [0.15, 0.2) is 0 Å². The predicted molar refractivity (Wildman–Crippen MR) is 73.1 cm³/mol. The highest BCUT2D eigenvalue weighted by molar-refractivity contribution is 5.85. The summed E-state index contributed by atoms with van der Waals surface area (Å²) in [7, 11) is 1.57. The fourth-order valence-electron chi connectivity index (χ4n) is 1.41. The molecule has 0 aliphatic heterocycles. The van der Waals surface area contributed by atoms with E-state index in [4.69, 9.17) is 15.0 Å². The number of hydrogen-bond donors (Lipinski definition) is 1. The molecule has 2 rings (SSSR count). The molecule has 0 fully saturated rings. The first-order chi connectivity index (χ1) is 8.61. The first-order valence-corrected chi connectivity index (χ1v) is 5.71. The summed E-state index contributed by atoms with van der Waals surface area (Å²) in [6, 6.07) is 3.31. The molecule has 6 nitrogen and oxygen atoms in total. The van der Waals surface area contributed by atoms with Crippen LogP contribution in [0.5, 0.6) is 5.88 Å². The van der Waals surface area contributed by atoms with Crippen LogP contribution in [-0.2, 0) is 0 Å². The minimum atomic E-state index is -0.252. The fourth-order valence-corrected chi connectivity index (χ4v) is 1.41. The molecule has 1 atom stereocenters. The van der Waals surface area contributed by atoms with Gasteiger partial charge in [0.25, 0.3) is 0 Å². The molecule has 0 spiro atoms. The number of aromatic nitrogens is 3. The smallest absolute Gasteiger partial charge is 0.244 e. The monoisotopic (exact) mass is 284 g/mol. The zero-order valence-electron chi connectivity index (χ0n) is 11.0. The molecule has 2 heterocycles. The second-order valence-corrected chi connectivity index (χ2v) is 4.32. The van der Waals surface area contributed by atoms with E-state index in [0.29, 0.717) is 17.6 Å². The summed E-state index contributed by atoms with van der Waals surface area (Å²) in [6.07, 6.45) is 1.63. The van der Waals surface area contributed by atoms with Gasteiger partial charge in [-0.1, -0.05) is 19.0 Å². The van der Waals surface area contributed by atoms with E-state index < -0.39 is 0 Å². The lowest BCUT2D eigenvalue weighted by atomic mass is 10.1. The standard InChI is InChI=1S/C12H16N4O2.ClH/c1-7(2)10(13)12-15-11(16-18-12)8-4-5-9(17-3)14-6-8;/h4-7,10H,13H2,1-3H3;1H/t10-;/m1./s1. The van der Waals surface area contributed by atoms with Crippen molar-refractivity contribution in [2.24, 2.45) is 11.7 Å². The number of hydrogen-bond acceptors (Lipinski definition) is 6. The molecular formula is C12H17ClN4O2. The molecule has 0 unspecified atom stereocenters. The Morgan fingerprint density at radius 2 is 2.05 bits per heavy atom. The molecule has 0 saturated carbocycles. The summed E-state index contributed by atoms with van der Waals surface area (Å²) in [4.78, 5) is 8.36. The van der Waals surface area contributed by atoms with Crippen molar-refractivity contribution < 1.29 is 9.26 Å². The number of halogens is 1. The number of methoxy groups -OCH3 is 1. The molecule has 2 aromatic rings. The van der Waals surface area contributed by atoms with Crippen molar-refractivity contribution in [3.8, 4) is 17.3 Å². The third kappa shape index (κ3) is 3.42. The molecule has 2 aromatic heterocycles. The number of pyridine rings is 1. The maximum Gasteiger partial charge on any atom is 0.244 e. The van der Waals surface area contributed by atoms with E-state index >= 15 is 0 Å². The van der Waals surface area contributed by atoms with Gasteiger partial charge in [0.1, 0.15) is 0 Å². The van der Waals surface area contributed by atoms with Crippen molar-refractivity contribution in [2.75, 3.05) is 7.11 Å². The van der Waals surface area contributed by atoms with Crippen molar-refractivity contribution in [1.29, 1.82) is 0 Å². The van der Waals surface area contributed by atoms with Gasteiger partial charge < -0.3 is 15.0 Å². The minimum absolute atomic E-state index is 0. The van der Waals surface area contributed by atoms with Gasteiger partial charge in [-0.3, -0.25) is 0 Å². The highest BCUT2D eigenvalue weighted by Crippen LogP contribution is 2.21. The van der Waals surface area contributed by atoms with E-state index in [0.717, 1.165) is 5.56 Å². The predicted octanol–water partition coefficient (Wildman–Crippen LogP) is 2.22. The summed E-state index contributed by atoms with van der Waals surface area (Å²) in [6.45, 7) is 4.01. The Kier molecular flexibility index (Phi) is 5.26. The molecule has 0 radical (unpaired) electrons. The SMILES string of the molecule is COc1ccc(-c2noc([C@H](N)C(C)C)n2)cn1.Cl. The highest BCUT2D eigenvalue weighted by atomic mass is 35.5. The molecule has 0 aromatic carbocycles. The maximum absolute atomic E-state index is 5.94. The lowest BCUT2D eigenvalue weighted by Gasteiger charge is -2.09. The van der Waals surface area contributed by atoms with Crippen LogP contribution < -0.4 is 10.5 Å². The van der Waals surface area contributed by atoms with E-state index in [1.54, 1.807) is 19.4 Å². The Balaban J connectivity index is 0.00000180. The van der Waals surface area contributed by atoms with E-state index in [1.165, 1.54) is 0 Å². The van der Waals surface area contributed by atoms with Crippen molar-refractivity contribution >= 4 is 12.4 Å². The van der Waals surface area contributed by atoms with Crippen molar-refractivity contribution in [3.05, 3.63) is 24.2 Å². The zero-order chi connectivity index (χ0) is 13.1. The van der Waals surface area contributed by atoms with Crippen LogP contribution in [0.1, 0.15) is 25.8 Å². The van der Waals surface area contributed by atoms with Crippen LogP contribution in [0.25, 0.3) is 11.4 Å². The molecule has 0 aliphatic rings. The van der Waals surface area contributed by atoms with Gasteiger partial charge in [-0.2, -0.15) is 4.98 Å².